The number of hydrogen-bond donors (Lipinski definition) is 1. The molecule has 3 aromatic rings. The van der Waals surface area contributed by atoms with Crippen molar-refractivity contribution in [3.05, 3.63) is 48.7 Å². The third-order valence-corrected chi connectivity index (χ3v) is 8.03. The first-order valence-corrected chi connectivity index (χ1v) is 11.2. The van der Waals surface area contributed by atoms with E-state index in [-0.39, 0.29) is 15.6 Å². The number of carbonyl (C=O) groups is 1. The summed E-state index contributed by atoms with van der Waals surface area (Å²) in [6.45, 7) is 0.581. The molecule has 3 aromatic heterocycles. The number of aromatic nitrogens is 4. The molecule has 4 fully saturated rings. The lowest BCUT2D eigenvalue weighted by Crippen LogP contribution is -2.57. The van der Waals surface area contributed by atoms with Crippen molar-refractivity contribution < 1.29 is 4.79 Å². The van der Waals surface area contributed by atoms with Gasteiger partial charge >= 0.3 is 0 Å². The Labute approximate surface area is 177 Å². The first-order chi connectivity index (χ1) is 14.0. The largest absolute Gasteiger partial charge is 0.323 e. The molecular weight excluding hydrogens is 430 g/mol. The smallest absolute Gasteiger partial charge is 0.230 e. The molecule has 4 aliphatic rings. The molecule has 4 aliphatic carbocycles. The van der Waals surface area contributed by atoms with Crippen molar-refractivity contribution in [1.29, 1.82) is 0 Å². The van der Waals surface area contributed by atoms with E-state index in [1.54, 1.807) is 6.20 Å². The summed E-state index contributed by atoms with van der Waals surface area (Å²) in [6.07, 6.45) is 14.5. The van der Waals surface area contributed by atoms with Gasteiger partial charge in [-0.15, -0.1) is 0 Å². The molecule has 0 radical (unpaired) electrons. The molecule has 3 heterocycles. The zero-order valence-electron chi connectivity index (χ0n) is 16.2. The molecule has 1 amide bonds. The molecule has 150 valence electrons. The summed E-state index contributed by atoms with van der Waals surface area (Å²) in [6, 6.07) is 5.96. The van der Waals surface area contributed by atoms with Crippen molar-refractivity contribution in [3.8, 4) is 0 Å². The Morgan fingerprint density at radius 3 is 2.79 bits per heavy atom. The van der Waals surface area contributed by atoms with E-state index in [9.17, 15) is 4.79 Å². The van der Waals surface area contributed by atoms with E-state index >= 15 is 0 Å². The minimum Gasteiger partial charge on any atom is -0.323 e. The average molecular weight is 454 g/mol. The normalized spacial score (nSPS) is 32.7. The van der Waals surface area contributed by atoms with Gasteiger partial charge in [0.05, 0.1) is 29.5 Å². The van der Waals surface area contributed by atoms with Crippen molar-refractivity contribution in [2.24, 2.45) is 17.3 Å². The molecule has 0 aliphatic heterocycles. The number of hydrogen-bond acceptors (Lipinski definition) is 3. The van der Waals surface area contributed by atoms with E-state index in [1.807, 2.05) is 45.9 Å². The lowest BCUT2D eigenvalue weighted by molar-refractivity contribution is -0.138. The maximum Gasteiger partial charge on any atom is 0.230 e. The Hall–Kier alpha value is -2.15. The highest BCUT2D eigenvalue weighted by atomic mass is 79.9. The second kappa shape index (κ2) is 6.17. The second-order valence-electron chi connectivity index (χ2n) is 9.47. The summed E-state index contributed by atoms with van der Waals surface area (Å²) in [4.78, 5) is 17.9. The second-order valence-corrected chi connectivity index (χ2v) is 11.2. The number of nitrogens with zero attached hydrogens (tertiary/aromatic N) is 4. The zero-order valence-corrected chi connectivity index (χ0v) is 17.8. The number of pyridine rings is 1. The number of imidazole rings is 1. The van der Waals surface area contributed by atoms with Gasteiger partial charge in [-0.3, -0.25) is 9.48 Å². The van der Waals surface area contributed by atoms with E-state index in [0.717, 1.165) is 36.3 Å². The molecule has 4 bridgehead atoms. The number of fused-ring (bicyclic) bond motifs is 1. The van der Waals surface area contributed by atoms with Gasteiger partial charge in [-0.2, -0.15) is 5.10 Å². The molecule has 2 atom stereocenters. The van der Waals surface area contributed by atoms with Crippen LogP contribution in [-0.2, 0) is 11.3 Å². The summed E-state index contributed by atoms with van der Waals surface area (Å²) in [5, 5.41) is 7.62. The van der Waals surface area contributed by atoms with E-state index in [2.05, 4.69) is 31.3 Å². The Morgan fingerprint density at radius 1 is 1.21 bits per heavy atom. The highest BCUT2D eigenvalue weighted by Crippen LogP contribution is 2.64. The van der Waals surface area contributed by atoms with Gasteiger partial charge in [0.1, 0.15) is 5.65 Å². The van der Waals surface area contributed by atoms with Crippen LogP contribution in [0.4, 0.5) is 5.69 Å². The molecule has 7 heteroatoms. The fourth-order valence-corrected chi connectivity index (χ4v) is 7.88. The number of carbonyl (C=O) groups excluding carboxylic acids is 1. The van der Waals surface area contributed by atoms with E-state index in [4.69, 9.17) is 0 Å². The van der Waals surface area contributed by atoms with Crippen LogP contribution in [0.25, 0.3) is 5.65 Å². The Balaban J connectivity index is 1.18. The minimum absolute atomic E-state index is 0.182. The highest BCUT2D eigenvalue weighted by Gasteiger charge is 2.59. The van der Waals surface area contributed by atoms with Crippen molar-refractivity contribution in [3.63, 3.8) is 0 Å². The maximum absolute atomic E-state index is 13.3. The van der Waals surface area contributed by atoms with Gasteiger partial charge in [-0.1, -0.05) is 22.0 Å². The van der Waals surface area contributed by atoms with Crippen LogP contribution in [-0.4, -0.2) is 29.4 Å². The van der Waals surface area contributed by atoms with Crippen molar-refractivity contribution in [2.45, 2.75) is 49.4 Å². The fourth-order valence-electron chi connectivity index (χ4n) is 6.42. The van der Waals surface area contributed by atoms with Crippen LogP contribution in [0.2, 0.25) is 0 Å². The number of alkyl halides is 1. The monoisotopic (exact) mass is 453 g/mol. The number of halogens is 1. The summed E-state index contributed by atoms with van der Waals surface area (Å²) in [5.74, 6) is 1.57. The van der Waals surface area contributed by atoms with Crippen LogP contribution < -0.4 is 5.32 Å². The Morgan fingerprint density at radius 2 is 2.03 bits per heavy atom. The predicted octanol–water partition coefficient (Wildman–Crippen LogP) is 4.25. The standard InChI is InChI=1S/C22H24BrN5O/c23-22-8-15-5-16(9-22)7-21(6-15,14-22)20(29)26-17-10-24-28(12-17)13-18-11-27-4-2-1-3-19(27)25-18/h1-4,10-12,15-16H,5-9,13-14H2,(H,26,29). The minimum atomic E-state index is -0.211. The fraction of sp³-hybridized carbons (Fsp3) is 0.500. The molecule has 29 heavy (non-hydrogen) atoms. The quantitative estimate of drug-likeness (QED) is 0.600. The molecule has 6 nitrogen and oxygen atoms in total. The van der Waals surface area contributed by atoms with E-state index in [0.29, 0.717) is 18.4 Å². The van der Waals surface area contributed by atoms with E-state index < -0.39 is 0 Å². The number of amides is 1. The molecule has 2 unspecified atom stereocenters. The van der Waals surface area contributed by atoms with Crippen LogP contribution >= 0.6 is 15.9 Å². The van der Waals surface area contributed by atoms with Gasteiger partial charge in [0.15, 0.2) is 0 Å². The van der Waals surface area contributed by atoms with Gasteiger partial charge in [0.2, 0.25) is 5.91 Å². The number of rotatable bonds is 4. The molecule has 1 N–H and O–H groups in total. The summed E-state index contributed by atoms with van der Waals surface area (Å²) in [7, 11) is 0. The third kappa shape index (κ3) is 3.01. The Bertz CT molecular complexity index is 1050. The molecule has 7 rings (SSSR count). The first-order valence-electron chi connectivity index (χ1n) is 10.4. The van der Waals surface area contributed by atoms with Crippen molar-refractivity contribution in [1.82, 2.24) is 19.2 Å². The van der Waals surface area contributed by atoms with E-state index in [1.165, 1.54) is 19.3 Å². The maximum atomic E-state index is 13.3. The van der Waals surface area contributed by atoms with Crippen LogP contribution in [0.3, 0.4) is 0 Å². The third-order valence-electron chi connectivity index (χ3n) is 7.10. The Kier molecular flexibility index (Phi) is 3.77. The van der Waals surface area contributed by atoms with Gasteiger partial charge in [-0.05, 0) is 62.5 Å². The van der Waals surface area contributed by atoms with Gasteiger partial charge < -0.3 is 9.72 Å². The molecule has 0 saturated heterocycles. The topological polar surface area (TPSA) is 64.2 Å². The van der Waals surface area contributed by atoms with Gasteiger partial charge in [0.25, 0.3) is 0 Å². The van der Waals surface area contributed by atoms with Crippen LogP contribution in [0, 0.1) is 17.3 Å². The van der Waals surface area contributed by atoms with Crippen molar-refractivity contribution in [2.75, 3.05) is 5.32 Å². The lowest BCUT2D eigenvalue weighted by Gasteiger charge is -2.59. The molecule has 0 spiro atoms. The summed E-state index contributed by atoms with van der Waals surface area (Å²) < 4.78 is 4.02. The SMILES string of the molecule is O=C(Nc1cnn(Cc2cn3ccccc3n2)c1)C12CC3CC(CC(Br)(C3)C1)C2. The molecule has 0 aromatic carbocycles. The first kappa shape index (κ1) is 17.7. The average Bonchev–Trinajstić information content (AvgIpc) is 3.26. The number of anilines is 1. The molecular formula is C22H24BrN5O. The van der Waals surface area contributed by atoms with Gasteiger partial charge in [-0.25, -0.2) is 4.98 Å². The van der Waals surface area contributed by atoms with Crippen LogP contribution in [0.5, 0.6) is 0 Å². The molecule has 4 saturated carbocycles. The van der Waals surface area contributed by atoms with Gasteiger partial charge in [0, 0.05) is 22.9 Å². The summed E-state index contributed by atoms with van der Waals surface area (Å²) in [5.41, 5.74) is 2.43. The lowest BCUT2D eigenvalue weighted by atomic mass is 9.49. The van der Waals surface area contributed by atoms with Crippen molar-refractivity contribution >= 4 is 33.2 Å². The zero-order chi connectivity index (χ0) is 19.6. The predicted molar refractivity (Wildman–Crippen MR) is 114 cm³/mol. The van der Waals surface area contributed by atoms with Crippen LogP contribution in [0.15, 0.2) is 43.0 Å². The highest BCUT2D eigenvalue weighted by molar-refractivity contribution is 9.10. The van der Waals surface area contributed by atoms with Crippen LogP contribution in [0.1, 0.15) is 44.2 Å². The summed E-state index contributed by atoms with van der Waals surface area (Å²) >= 11 is 4.00. The number of nitrogens with one attached hydrogen (secondary N) is 1.